The molecule has 0 saturated heterocycles. The van der Waals surface area contributed by atoms with E-state index in [0.29, 0.717) is 27.8 Å². The highest BCUT2D eigenvalue weighted by molar-refractivity contribution is 7.99. The van der Waals surface area contributed by atoms with Gasteiger partial charge in [0.15, 0.2) is 11.5 Å². The van der Waals surface area contributed by atoms with E-state index in [1.54, 1.807) is 26.4 Å². The maximum absolute atomic E-state index is 13.8. The lowest BCUT2D eigenvalue weighted by Gasteiger charge is -2.19. The Labute approximate surface area is 168 Å². The van der Waals surface area contributed by atoms with Crippen LogP contribution in [0.4, 0.5) is 4.39 Å². The summed E-state index contributed by atoms with van der Waals surface area (Å²) in [6, 6.07) is 10.0. The molecule has 0 aliphatic rings. The third kappa shape index (κ3) is 6.04. The lowest BCUT2D eigenvalue weighted by molar-refractivity contribution is -0.119. The van der Waals surface area contributed by atoms with Crippen LogP contribution < -0.4 is 14.8 Å². The first-order valence-corrected chi connectivity index (χ1v) is 10.0. The van der Waals surface area contributed by atoms with E-state index >= 15 is 0 Å². The Morgan fingerprint density at radius 1 is 1.19 bits per heavy atom. The number of methoxy groups -OCH3 is 2. The Morgan fingerprint density at radius 2 is 1.93 bits per heavy atom. The maximum Gasteiger partial charge on any atom is 0.230 e. The number of amides is 1. The molecule has 2 aromatic rings. The van der Waals surface area contributed by atoms with E-state index in [2.05, 4.69) is 5.32 Å². The fourth-order valence-corrected chi connectivity index (χ4v) is 3.60. The van der Waals surface area contributed by atoms with E-state index < -0.39 is 0 Å². The van der Waals surface area contributed by atoms with Crippen molar-refractivity contribution in [2.45, 2.75) is 25.1 Å². The van der Waals surface area contributed by atoms with Crippen LogP contribution in [-0.2, 0) is 10.5 Å². The zero-order valence-corrected chi connectivity index (χ0v) is 17.1. The first-order valence-electron chi connectivity index (χ1n) is 8.51. The molecule has 0 fully saturated rings. The van der Waals surface area contributed by atoms with Crippen LogP contribution in [0.3, 0.4) is 0 Å². The maximum atomic E-state index is 13.8. The Morgan fingerprint density at radius 3 is 2.56 bits per heavy atom. The highest BCUT2D eigenvalue weighted by Gasteiger charge is 2.15. The molecule has 0 saturated carbocycles. The molecule has 0 radical (unpaired) electrons. The number of carbonyl (C=O) groups is 1. The number of halogens is 2. The summed E-state index contributed by atoms with van der Waals surface area (Å²) in [6.45, 7) is 2.00. The molecule has 0 unspecified atom stereocenters. The van der Waals surface area contributed by atoms with Crippen molar-refractivity contribution in [2.24, 2.45) is 0 Å². The number of ether oxygens (including phenoxy) is 2. The molecule has 2 rings (SSSR count). The van der Waals surface area contributed by atoms with Crippen LogP contribution in [0.25, 0.3) is 0 Å². The highest BCUT2D eigenvalue weighted by Crippen LogP contribution is 2.31. The van der Waals surface area contributed by atoms with Gasteiger partial charge in [-0.3, -0.25) is 4.79 Å². The number of hydrogen-bond acceptors (Lipinski definition) is 4. The molecule has 0 aromatic heterocycles. The fraction of sp³-hybridized carbons (Fsp3) is 0.350. The van der Waals surface area contributed by atoms with Gasteiger partial charge in [0.25, 0.3) is 0 Å². The Bertz CT molecular complexity index is 788. The van der Waals surface area contributed by atoms with Gasteiger partial charge < -0.3 is 14.8 Å². The molecule has 7 heteroatoms. The van der Waals surface area contributed by atoms with Crippen LogP contribution in [-0.4, -0.2) is 25.9 Å². The molecule has 1 atom stereocenters. The number of carbonyl (C=O) groups excluding carboxylic acids is 1. The average Bonchev–Trinajstić information content (AvgIpc) is 2.67. The molecular formula is C20H23ClFNO3S. The van der Waals surface area contributed by atoms with Crippen molar-refractivity contribution in [3.8, 4) is 11.5 Å². The lowest BCUT2D eigenvalue weighted by Crippen LogP contribution is -2.29. The molecular weight excluding hydrogens is 389 g/mol. The van der Waals surface area contributed by atoms with Gasteiger partial charge in [0.2, 0.25) is 5.91 Å². The minimum absolute atomic E-state index is 0.101. The quantitative estimate of drug-likeness (QED) is 0.631. The number of nitrogens with one attached hydrogen (secondary N) is 1. The van der Waals surface area contributed by atoms with Gasteiger partial charge in [0.1, 0.15) is 5.82 Å². The van der Waals surface area contributed by atoms with E-state index in [1.165, 1.54) is 17.8 Å². The third-order valence-corrected chi connectivity index (χ3v) is 5.28. The number of thioether (sulfide) groups is 1. The van der Waals surface area contributed by atoms with Crippen LogP contribution in [0.1, 0.15) is 30.5 Å². The first-order chi connectivity index (χ1) is 13.0. The van der Waals surface area contributed by atoms with Crippen LogP contribution in [0, 0.1) is 5.82 Å². The van der Waals surface area contributed by atoms with E-state index in [-0.39, 0.29) is 23.5 Å². The second-order valence-corrected chi connectivity index (χ2v) is 7.29. The topological polar surface area (TPSA) is 47.6 Å². The van der Waals surface area contributed by atoms with Gasteiger partial charge >= 0.3 is 0 Å². The molecule has 0 bridgehead atoms. The first kappa shape index (κ1) is 21.4. The third-order valence-electron chi connectivity index (χ3n) is 4.06. The van der Waals surface area contributed by atoms with Crippen molar-refractivity contribution in [3.63, 3.8) is 0 Å². The zero-order valence-electron chi connectivity index (χ0n) is 15.6. The van der Waals surface area contributed by atoms with Crippen LogP contribution in [0.5, 0.6) is 11.5 Å². The lowest BCUT2D eigenvalue weighted by atomic mass is 10.0. The molecule has 1 N–H and O–H groups in total. The standard InChI is InChI=1S/C20H23ClFNO3S/c1-4-17(13-6-8-18(25-2)19(9-13)26-3)23-20(24)12-27-11-14-5-7-15(21)10-16(14)22/h5-10,17H,4,11-12H2,1-3H3,(H,23,24)/t17-/m1/s1. The predicted molar refractivity (Wildman–Crippen MR) is 108 cm³/mol. The zero-order chi connectivity index (χ0) is 19.8. The summed E-state index contributed by atoms with van der Waals surface area (Å²) in [5.74, 6) is 1.46. The van der Waals surface area contributed by atoms with Gasteiger partial charge in [-0.1, -0.05) is 30.7 Å². The normalized spacial score (nSPS) is 11.7. The Balaban J connectivity index is 1.92. The summed E-state index contributed by atoms with van der Waals surface area (Å²) in [7, 11) is 3.16. The largest absolute Gasteiger partial charge is 0.493 e. The molecule has 0 aliphatic carbocycles. The Hall–Kier alpha value is -1.92. The van der Waals surface area contributed by atoms with Crippen LogP contribution >= 0.6 is 23.4 Å². The van der Waals surface area contributed by atoms with Crippen molar-refractivity contribution in [1.82, 2.24) is 5.32 Å². The van der Waals surface area contributed by atoms with E-state index in [9.17, 15) is 9.18 Å². The molecule has 1 amide bonds. The van der Waals surface area contributed by atoms with Gasteiger partial charge in [-0.2, -0.15) is 0 Å². The predicted octanol–water partition coefficient (Wildman–Crippen LogP) is 5.00. The molecule has 2 aromatic carbocycles. The molecule has 27 heavy (non-hydrogen) atoms. The minimum atomic E-state index is -0.354. The van der Waals surface area contributed by atoms with Gasteiger partial charge in [0.05, 0.1) is 26.0 Å². The number of rotatable bonds is 9. The van der Waals surface area contributed by atoms with Crippen molar-refractivity contribution in [2.75, 3.05) is 20.0 Å². The van der Waals surface area contributed by atoms with Crippen molar-refractivity contribution < 1.29 is 18.7 Å². The molecule has 146 valence electrons. The van der Waals surface area contributed by atoms with Gasteiger partial charge in [-0.25, -0.2) is 4.39 Å². The van der Waals surface area contributed by atoms with Gasteiger partial charge in [-0.05, 0) is 41.8 Å². The fourth-order valence-electron chi connectivity index (χ4n) is 2.62. The van der Waals surface area contributed by atoms with Crippen LogP contribution in [0.2, 0.25) is 5.02 Å². The second-order valence-electron chi connectivity index (χ2n) is 5.87. The molecule has 0 spiro atoms. The smallest absolute Gasteiger partial charge is 0.230 e. The average molecular weight is 412 g/mol. The summed E-state index contributed by atoms with van der Waals surface area (Å²) in [6.07, 6.45) is 0.734. The second kappa shape index (κ2) is 10.4. The minimum Gasteiger partial charge on any atom is -0.493 e. The van der Waals surface area contributed by atoms with E-state index in [4.69, 9.17) is 21.1 Å². The summed E-state index contributed by atoms with van der Waals surface area (Å²) in [5.41, 5.74) is 1.47. The monoisotopic (exact) mass is 411 g/mol. The van der Waals surface area contributed by atoms with Crippen molar-refractivity contribution in [3.05, 3.63) is 58.4 Å². The molecule has 0 heterocycles. The van der Waals surface area contributed by atoms with E-state index in [1.807, 2.05) is 25.1 Å². The van der Waals surface area contributed by atoms with Crippen molar-refractivity contribution in [1.29, 1.82) is 0 Å². The number of hydrogen-bond donors (Lipinski definition) is 1. The SMILES string of the molecule is CC[C@@H](NC(=O)CSCc1ccc(Cl)cc1F)c1ccc(OC)c(OC)c1. The van der Waals surface area contributed by atoms with Crippen LogP contribution in [0.15, 0.2) is 36.4 Å². The summed E-state index contributed by atoms with van der Waals surface area (Å²) < 4.78 is 24.3. The summed E-state index contributed by atoms with van der Waals surface area (Å²) in [4.78, 5) is 12.3. The molecule has 4 nitrogen and oxygen atoms in total. The van der Waals surface area contributed by atoms with Gasteiger partial charge in [0, 0.05) is 10.8 Å². The van der Waals surface area contributed by atoms with Gasteiger partial charge in [-0.15, -0.1) is 11.8 Å². The molecule has 0 aliphatic heterocycles. The summed E-state index contributed by atoms with van der Waals surface area (Å²) in [5, 5.41) is 3.37. The summed E-state index contributed by atoms with van der Waals surface area (Å²) >= 11 is 7.10. The van der Waals surface area contributed by atoms with E-state index in [0.717, 1.165) is 12.0 Å². The van der Waals surface area contributed by atoms with Crippen molar-refractivity contribution >= 4 is 29.3 Å². The highest BCUT2D eigenvalue weighted by atomic mass is 35.5. The Kier molecular flexibility index (Phi) is 8.25. The number of benzene rings is 2.